The van der Waals surface area contributed by atoms with Gasteiger partial charge in [0.05, 0.1) is 5.02 Å². The van der Waals surface area contributed by atoms with Gasteiger partial charge in [-0.2, -0.15) is 0 Å². The van der Waals surface area contributed by atoms with Crippen molar-refractivity contribution >= 4 is 43.8 Å². The Morgan fingerprint density at radius 3 is 2.79 bits per heavy atom. The van der Waals surface area contributed by atoms with E-state index < -0.39 is 10.0 Å². The van der Waals surface area contributed by atoms with Crippen LogP contribution in [0.4, 0.5) is 10.8 Å². The van der Waals surface area contributed by atoms with Gasteiger partial charge in [-0.3, -0.25) is 4.72 Å². The van der Waals surface area contributed by atoms with Crippen LogP contribution in [0.2, 0.25) is 5.02 Å². The number of nitrogens with one attached hydrogen (secondary N) is 1. The van der Waals surface area contributed by atoms with Crippen LogP contribution in [0.25, 0.3) is 0 Å². The van der Waals surface area contributed by atoms with Gasteiger partial charge in [0.15, 0.2) is 0 Å². The van der Waals surface area contributed by atoms with E-state index in [1.165, 1.54) is 29.5 Å². The number of sulfonamides is 1. The maximum absolute atomic E-state index is 12.2. The average molecular weight is 319 g/mol. The van der Waals surface area contributed by atoms with Gasteiger partial charge in [0.1, 0.15) is 9.90 Å². The molecule has 0 bridgehead atoms. The maximum Gasteiger partial charge on any atom is 0.265 e. The fourth-order valence-electron chi connectivity index (χ4n) is 1.33. The molecule has 0 radical (unpaired) electrons. The SMILES string of the molecule is CCc1nnc(NS(=O)(=O)c2cc(N)ccc2Cl)s1. The molecule has 0 fully saturated rings. The Morgan fingerprint density at radius 1 is 1.42 bits per heavy atom. The minimum atomic E-state index is -3.82. The highest BCUT2D eigenvalue weighted by molar-refractivity contribution is 7.93. The first-order valence-corrected chi connectivity index (χ1v) is 8.00. The zero-order chi connectivity index (χ0) is 14.0. The lowest BCUT2D eigenvalue weighted by Crippen LogP contribution is -2.13. The number of nitrogens with zero attached hydrogens (tertiary/aromatic N) is 2. The Kier molecular flexibility index (Phi) is 3.93. The van der Waals surface area contributed by atoms with Crippen molar-refractivity contribution in [1.82, 2.24) is 10.2 Å². The second kappa shape index (κ2) is 5.32. The number of hydrogen-bond donors (Lipinski definition) is 2. The minimum absolute atomic E-state index is 0.0811. The lowest BCUT2D eigenvalue weighted by molar-refractivity contribution is 0.601. The first kappa shape index (κ1) is 14.0. The van der Waals surface area contributed by atoms with Crippen LogP contribution in [0.1, 0.15) is 11.9 Å². The highest BCUT2D eigenvalue weighted by Gasteiger charge is 2.20. The monoisotopic (exact) mass is 318 g/mol. The first-order chi connectivity index (χ1) is 8.92. The molecule has 1 aromatic carbocycles. The largest absolute Gasteiger partial charge is 0.399 e. The molecule has 1 heterocycles. The molecule has 0 saturated carbocycles. The summed E-state index contributed by atoms with van der Waals surface area (Å²) >= 11 is 7.05. The second-order valence-corrected chi connectivity index (χ2v) is 6.77. The standard InChI is InChI=1S/C10H11ClN4O2S2/c1-2-9-13-14-10(18-9)15-19(16,17)8-5-6(12)3-4-7(8)11/h3-5H,2,12H2,1H3,(H,14,15). The summed E-state index contributed by atoms with van der Waals surface area (Å²) in [6.45, 7) is 1.91. The normalized spacial score (nSPS) is 11.5. The van der Waals surface area contributed by atoms with E-state index in [2.05, 4.69) is 14.9 Å². The van der Waals surface area contributed by atoms with Crippen LogP contribution in [0.5, 0.6) is 0 Å². The molecular weight excluding hydrogens is 308 g/mol. The Labute approximate surface area is 119 Å². The van der Waals surface area contributed by atoms with Gasteiger partial charge in [0.2, 0.25) is 5.13 Å². The van der Waals surface area contributed by atoms with E-state index in [-0.39, 0.29) is 15.0 Å². The van der Waals surface area contributed by atoms with Gasteiger partial charge < -0.3 is 5.73 Å². The summed E-state index contributed by atoms with van der Waals surface area (Å²) in [5, 5.41) is 8.64. The predicted octanol–water partition coefficient (Wildman–Crippen LogP) is 2.14. The van der Waals surface area contributed by atoms with Crippen molar-refractivity contribution in [2.24, 2.45) is 0 Å². The van der Waals surface area contributed by atoms with Crippen LogP contribution >= 0.6 is 22.9 Å². The zero-order valence-electron chi connectivity index (χ0n) is 9.92. The van der Waals surface area contributed by atoms with Crippen LogP contribution in [0.3, 0.4) is 0 Å². The van der Waals surface area contributed by atoms with Gasteiger partial charge >= 0.3 is 0 Å². The lowest BCUT2D eigenvalue weighted by Gasteiger charge is -2.07. The molecule has 6 nitrogen and oxygen atoms in total. The summed E-state index contributed by atoms with van der Waals surface area (Å²) in [5.41, 5.74) is 5.88. The molecule has 0 saturated heterocycles. The molecular formula is C10H11ClN4O2S2. The fourth-order valence-corrected chi connectivity index (χ4v) is 3.78. The lowest BCUT2D eigenvalue weighted by atomic mass is 10.3. The smallest absolute Gasteiger partial charge is 0.265 e. The number of benzene rings is 1. The molecule has 2 rings (SSSR count). The molecule has 1 aromatic heterocycles. The predicted molar refractivity (Wildman–Crippen MR) is 76.0 cm³/mol. The van der Waals surface area contributed by atoms with E-state index in [4.69, 9.17) is 17.3 Å². The quantitative estimate of drug-likeness (QED) is 0.842. The highest BCUT2D eigenvalue weighted by atomic mass is 35.5. The van der Waals surface area contributed by atoms with Crippen LogP contribution in [0.15, 0.2) is 23.1 Å². The topological polar surface area (TPSA) is 98.0 Å². The summed E-state index contributed by atoms with van der Waals surface area (Å²) < 4.78 is 26.7. The van der Waals surface area contributed by atoms with Gasteiger partial charge in [0.25, 0.3) is 10.0 Å². The van der Waals surface area contributed by atoms with E-state index in [9.17, 15) is 8.42 Å². The zero-order valence-corrected chi connectivity index (χ0v) is 12.3. The number of aryl methyl sites for hydroxylation is 1. The fraction of sp³-hybridized carbons (Fsp3) is 0.200. The van der Waals surface area contributed by atoms with Crippen molar-refractivity contribution in [1.29, 1.82) is 0 Å². The molecule has 19 heavy (non-hydrogen) atoms. The number of rotatable bonds is 4. The first-order valence-electron chi connectivity index (χ1n) is 5.32. The molecule has 3 N–H and O–H groups in total. The summed E-state index contributed by atoms with van der Waals surface area (Å²) in [7, 11) is -3.82. The van der Waals surface area contributed by atoms with Crippen molar-refractivity contribution in [2.45, 2.75) is 18.2 Å². The number of anilines is 2. The van der Waals surface area contributed by atoms with Crippen molar-refractivity contribution < 1.29 is 8.42 Å². The molecule has 0 aliphatic heterocycles. The molecule has 0 unspecified atom stereocenters. The molecule has 0 amide bonds. The minimum Gasteiger partial charge on any atom is -0.399 e. The summed E-state index contributed by atoms with van der Waals surface area (Å²) in [6.07, 6.45) is 0.693. The van der Waals surface area contributed by atoms with E-state index in [0.29, 0.717) is 12.1 Å². The molecule has 2 aromatic rings. The Morgan fingerprint density at radius 2 is 2.16 bits per heavy atom. The third-order valence-electron chi connectivity index (χ3n) is 2.24. The van der Waals surface area contributed by atoms with Gasteiger partial charge in [-0.05, 0) is 24.6 Å². The summed E-state index contributed by atoms with van der Waals surface area (Å²) in [5.74, 6) is 0. The molecule has 0 atom stereocenters. The van der Waals surface area contributed by atoms with Crippen molar-refractivity contribution in [3.63, 3.8) is 0 Å². The maximum atomic E-state index is 12.2. The van der Waals surface area contributed by atoms with E-state index in [0.717, 1.165) is 5.01 Å². The number of aromatic nitrogens is 2. The van der Waals surface area contributed by atoms with E-state index in [1.807, 2.05) is 6.92 Å². The molecule has 9 heteroatoms. The van der Waals surface area contributed by atoms with Gasteiger partial charge in [-0.25, -0.2) is 8.42 Å². The van der Waals surface area contributed by atoms with E-state index in [1.54, 1.807) is 0 Å². The highest BCUT2D eigenvalue weighted by Crippen LogP contribution is 2.26. The molecule has 0 aliphatic rings. The van der Waals surface area contributed by atoms with Crippen LogP contribution < -0.4 is 10.5 Å². The molecule has 0 aliphatic carbocycles. The van der Waals surface area contributed by atoms with Crippen molar-refractivity contribution in [3.8, 4) is 0 Å². The summed E-state index contributed by atoms with van der Waals surface area (Å²) in [4.78, 5) is -0.0811. The van der Waals surface area contributed by atoms with Gasteiger partial charge in [-0.15, -0.1) is 10.2 Å². The van der Waals surface area contributed by atoms with Crippen LogP contribution in [0, 0.1) is 0 Å². The second-order valence-electron chi connectivity index (χ2n) is 3.65. The Balaban J connectivity index is 2.34. The van der Waals surface area contributed by atoms with Crippen LogP contribution in [-0.4, -0.2) is 18.6 Å². The number of nitrogen functional groups attached to an aromatic ring is 1. The van der Waals surface area contributed by atoms with Crippen molar-refractivity contribution in [3.05, 3.63) is 28.2 Å². The third kappa shape index (κ3) is 3.14. The number of nitrogens with two attached hydrogens (primary N) is 1. The number of hydrogen-bond acceptors (Lipinski definition) is 6. The Bertz CT molecular complexity index is 699. The summed E-state index contributed by atoms with van der Waals surface area (Å²) in [6, 6.07) is 4.26. The van der Waals surface area contributed by atoms with Crippen molar-refractivity contribution in [2.75, 3.05) is 10.5 Å². The van der Waals surface area contributed by atoms with E-state index >= 15 is 0 Å². The van der Waals surface area contributed by atoms with Crippen LogP contribution in [-0.2, 0) is 16.4 Å². The number of halogens is 1. The Hall–Kier alpha value is -1.38. The van der Waals surface area contributed by atoms with Gasteiger partial charge in [0, 0.05) is 5.69 Å². The molecule has 0 spiro atoms. The average Bonchev–Trinajstić information content (AvgIpc) is 2.79. The van der Waals surface area contributed by atoms with Gasteiger partial charge in [-0.1, -0.05) is 29.9 Å². The third-order valence-corrected chi connectivity index (χ3v) is 5.17. The molecule has 102 valence electrons.